The Morgan fingerprint density at radius 2 is 2.15 bits per heavy atom. The molecule has 1 fully saturated rings. The van der Waals surface area contributed by atoms with Gasteiger partial charge in [0.15, 0.2) is 6.10 Å². The molecule has 2 unspecified atom stereocenters. The smallest absolute Gasteiger partial charge is 0.365 e. The molecule has 1 aliphatic heterocycles. The zero-order valence-corrected chi connectivity index (χ0v) is 6.66. The Labute approximate surface area is 72.3 Å². The van der Waals surface area contributed by atoms with Gasteiger partial charge in [0.05, 0.1) is 12.6 Å². The molecule has 2 atom stereocenters. The highest BCUT2D eigenvalue weighted by Gasteiger charge is 2.45. The minimum Gasteiger partial charge on any atom is -0.365 e. The normalized spacial score (nSPS) is 28.5. The largest absolute Gasteiger partial charge is 0.414 e. The van der Waals surface area contributed by atoms with E-state index in [1.807, 2.05) is 0 Å². The maximum Gasteiger partial charge on any atom is 0.414 e. The predicted octanol–water partition coefficient (Wildman–Crippen LogP) is 2.41. The molecule has 1 aliphatic rings. The lowest BCUT2D eigenvalue weighted by Crippen LogP contribution is -2.29. The van der Waals surface area contributed by atoms with Gasteiger partial charge in [-0.15, -0.1) is 0 Å². The summed E-state index contributed by atoms with van der Waals surface area (Å²) >= 11 is 0. The molecule has 0 radical (unpaired) electrons. The Morgan fingerprint density at radius 1 is 1.46 bits per heavy atom. The Hall–Kier alpha value is -0.940. The van der Waals surface area contributed by atoms with Crippen LogP contribution in [0.15, 0.2) is 5.11 Å². The highest BCUT2D eigenvalue weighted by Crippen LogP contribution is 2.33. The van der Waals surface area contributed by atoms with Crippen LogP contribution in [0.4, 0.5) is 13.2 Å². The fourth-order valence-corrected chi connectivity index (χ4v) is 1.21. The van der Waals surface area contributed by atoms with E-state index in [1.165, 1.54) is 0 Å². The molecular formula is C6H8F3N3O. The van der Waals surface area contributed by atoms with Crippen LogP contribution in [0.25, 0.3) is 10.4 Å². The molecular weight excluding hydrogens is 187 g/mol. The lowest BCUT2D eigenvalue weighted by molar-refractivity contribution is -0.213. The first-order valence-electron chi connectivity index (χ1n) is 3.77. The quantitative estimate of drug-likeness (QED) is 0.379. The van der Waals surface area contributed by atoms with Crippen molar-refractivity contribution in [1.29, 1.82) is 0 Å². The standard InChI is InChI=1S/C6H8F3N3O/c7-6(8,9)5-2-1-4(13-5)3-11-12-10/h4-5H,1-3H2. The summed E-state index contributed by atoms with van der Waals surface area (Å²) < 4.78 is 40.7. The highest BCUT2D eigenvalue weighted by molar-refractivity contribution is 4.79. The van der Waals surface area contributed by atoms with Gasteiger partial charge in [-0.2, -0.15) is 13.2 Å². The molecule has 1 heterocycles. The van der Waals surface area contributed by atoms with E-state index in [0.717, 1.165) is 0 Å². The van der Waals surface area contributed by atoms with Crippen LogP contribution in [0.1, 0.15) is 12.8 Å². The van der Waals surface area contributed by atoms with Gasteiger partial charge in [0.25, 0.3) is 0 Å². The SMILES string of the molecule is [N-]=[N+]=NCC1CCC(C(F)(F)F)O1. The van der Waals surface area contributed by atoms with Crippen molar-refractivity contribution >= 4 is 0 Å². The third kappa shape index (κ3) is 2.78. The topological polar surface area (TPSA) is 58.0 Å². The summed E-state index contributed by atoms with van der Waals surface area (Å²) in [6.45, 7) is -0.0247. The highest BCUT2D eigenvalue weighted by atomic mass is 19.4. The molecule has 13 heavy (non-hydrogen) atoms. The van der Waals surface area contributed by atoms with Crippen molar-refractivity contribution < 1.29 is 17.9 Å². The summed E-state index contributed by atoms with van der Waals surface area (Å²) in [4.78, 5) is 2.45. The van der Waals surface area contributed by atoms with Crippen molar-refractivity contribution in [2.75, 3.05) is 6.54 Å². The number of halogens is 3. The maximum atomic E-state index is 12.0. The Balaban J connectivity index is 2.40. The van der Waals surface area contributed by atoms with Crippen molar-refractivity contribution in [3.8, 4) is 0 Å². The van der Waals surface area contributed by atoms with Gasteiger partial charge in [-0.05, 0) is 18.4 Å². The van der Waals surface area contributed by atoms with Gasteiger partial charge in [0.1, 0.15) is 0 Å². The third-order valence-electron chi connectivity index (χ3n) is 1.82. The van der Waals surface area contributed by atoms with Crippen LogP contribution in [-0.2, 0) is 4.74 Å². The summed E-state index contributed by atoms with van der Waals surface area (Å²) in [5.41, 5.74) is 7.93. The molecule has 74 valence electrons. The van der Waals surface area contributed by atoms with Gasteiger partial charge in [-0.1, -0.05) is 5.11 Å². The van der Waals surface area contributed by atoms with E-state index in [2.05, 4.69) is 14.8 Å². The van der Waals surface area contributed by atoms with Crippen LogP contribution in [-0.4, -0.2) is 24.9 Å². The van der Waals surface area contributed by atoms with E-state index in [4.69, 9.17) is 5.53 Å². The fourth-order valence-electron chi connectivity index (χ4n) is 1.21. The van der Waals surface area contributed by atoms with E-state index < -0.39 is 18.4 Å². The monoisotopic (exact) mass is 195 g/mol. The first kappa shape index (κ1) is 10.1. The van der Waals surface area contributed by atoms with Crippen molar-refractivity contribution in [1.82, 2.24) is 0 Å². The molecule has 0 saturated carbocycles. The van der Waals surface area contributed by atoms with Gasteiger partial charge in [-0.25, -0.2) is 0 Å². The van der Waals surface area contributed by atoms with Crippen molar-refractivity contribution in [3.05, 3.63) is 10.4 Å². The average molecular weight is 195 g/mol. The first-order valence-corrected chi connectivity index (χ1v) is 3.77. The minimum atomic E-state index is -4.30. The van der Waals surface area contributed by atoms with E-state index in [-0.39, 0.29) is 13.0 Å². The maximum absolute atomic E-state index is 12.0. The third-order valence-corrected chi connectivity index (χ3v) is 1.82. The molecule has 0 amide bonds. The fraction of sp³-hybridized carbons (Fsp3) is 1.00. The number of rotatable bonds is 2. The average Bonchev–Trinajstić information content (AvgIpc) is 2.47. The van der Waals surface area contributed by atoms with Crippen LogP contribution in [0.3, 0.4) is 0 Å². The van der Waals surface area contributed by atoms with Crippen LogP contribution in [0.2, 0.25) is 0 Å². The number of ether oxygens (including phenoxy) is 1. The van der Waals surface area contributed by atoms with Gasteiger partial charge in [0, 0.05) is 4.91 Å². The molecule has 4 nitrogen and oxygen atoms in total. The number of hydrogen-bond donors (Lipinski definition) is 0. The molecule has 0 aromatic carbocycles. The van der Waals surface area contributed by atoms with Crippen LogP contribution in [0.5, 0.6) is 0 Å². The Morgan fingerprint density at radius 3 is 2.62 bits per heavy atom. The van der Waals surface area contributed by atoms with E-state index in [1.54, 1.807) is 0 Å². The van der Waals surface area contributed by atoms with Gasteiger partial charge < -0.3 is 4.74 Å². The number of alkyl halides is 3. The van der Waals surface area contributed by atoms with E-state index in [9.17, 15) is 13.2 Å². The number of azide groups is 1. The summed E-state index contributed by atoms with van der Waals surface area (Å²) in [6, 6.07) is 0. The lowest BCUT2D eigenvalue weighted by Gasteiger charge is -2.15. The Bertz CT molecular complexity index is 224. The molecule has 0 aromatic rings. The second-order valence-electron chi connectivity index (χ2n) is 2.78. The zero-order chi connectivity index (χ0) is 9.90. The minimum absolute atomic E-state index is 0.0247. The molecule has 1 saturated heterocycles. The van der Waals surface area contributed by atoms with E-state index >= 15 is 0 Å². The second kappa shape index (κ2) is 3.85. The first-order chi connectivity index (χ1) is 6.04. The van der Waals surface area contributed by atoms with Gasteiger partial charge in [-0.3, -0.25) is 0 Å². The summed E-state index contributed by atoms with van der Waals surface area (Å²) in [5, 5.41) is 3.16. The van der Waals surface area contributed by atoms with Crippen molar-refractivity contribution in [2.45, 2.75) is 31.2 Å². The predicted molar refractivity (Wildman–Crippen MR) is 38.0 cm³/mol. The van der Waals surface area contributed by atoms with Crippen LogP contribution in [0, 0.1) is 0 Å². The summed E-state index contributed by atoms with van der Waals surface area (Å²) in [6.07, 6.45) is -6.32. The number of hydrogen-bond acceptors (Lipinski definition) is 2. The van der Waals surface area contributed by atoms with Crippen molar-refractivity contribution in [3.63, 3.8) is 0 Å². The van der Waals surface area contributed by atoms with Gasteiger partial charge in [0.2, 0.25) is 0 Å². The molecule has 0 bridgehead atoms. The van der Waals surface area contributed by atoms with Crippen LogP contribution >= 0.6 is 0 Å². The van der Waals surface area contributed by atoms with Crippen LogP contribution < -0.4 is 0 Å². The van der Waals surface area contributed by atoms with E-state index in [0.29, 0.717) is 6.42 Å². The molecule has 7 heteroatoms. The zero-order valence-electron chi connectivity index (χ0n) is 6.66. The molecule has 0 aliphatic carbocycles. The second-order valence-corrected chi connectivity index (χ2v) is 2.78. The number of nitrogens with zero attached hydrogens (tertiary/aromatic N) is 3. The summed E-state index contributed by atoms with van der Waals surface area (Å²) in [7, 11) is 0. The van der Waals surface area contributed by atoms with Crippen molar-refractivity contribution in [2.24, 2.45) is 5.11 Å². The molecule has 1 rings (SSSR count). The Kier molecular flexibility index (Phi) is 3.00. The molecule has 0 N–H and O–H groups in total. The lowest BCUT2D eigenvalue weighted by atomic mass is 10.2. The molecule has 0 aromatic heterocycles. The molecule has 0 spiro atoms. The summed E-state index contributed by atoms with van der Waals surface area (Å²) in [5.74, 6) is 0. The van der Waals surface area contributed by atoms with Gasteiger partial charge >= 0.3 is 6.18 Å².